The number of nitrogens with zero attached hydrogens (tertiary/aromatic N) is 2. The molecule has 0 radical (unpaired) electrons. The predicted molar refractivity (Wildman–Crippen MR) is 94.5 cm³/mol. The topological polar surface area (TPSA) is 45.5 Å². The minimum Gasteiger partial charge on any atom is -0.399 e. The monoisotopic (exact) mass is 328 g/mol. The molecule has 2 aromatic rings. The zero-order valence-corrected chi connectivity index (χ0v) is 15.1. The van der Waals surface area contributed by atoms with Crippen LogP contribution in [-0.2, 0) is 14.0 Å². The minimum absolute atomic E-state index is 0.322. The van der Waals surface area contributed by atoms with E-state index >= 15 is 0 Å². The Morgan fingerprint density at radius 3 is 2.46 bits per heavy atom. The van der Waals surface area contributed by atoms with Gasteiger partial charge in [0.2, 0.25) is 0 Å². The van der Waals surface area contributed by atoms with E-state index in [2.05, 4.69) is 55.7 Å². The van der Waals surface area contributed by atoms with Crippen LogP contribution in [0, 0.1) is 0 Å². The molecule has 0 spiro atoms. The maximum atomic E-state index is 6.15. The van der Waals surface area contributed by atoms with Crippen LogP contribution in [0.1, 0.15) is 46.6 Å². The highest BCUT2D eigenvalue weighted by Crippen LogP contribution is 2.37. The fraction of sp³-hybridized carbons (Fsp3) is 0.611. The van der Waals surface area contributed by atoms with Crippen LogP contribution < -0.4 is 5.46 Å². The highest BCUT2D eigenvalue weighted by atomic mass is 16.7. The van der Waals surface area contributed by atoms with Gasteiger partial charge in [-0.3, -0.25) is 4.68 Å². The Labute approximate surface area is 143 Å². The van der Waals surface area contributed by atoms with Crippen LogP contribution >= 0.6 is 0 Å². The van der Waals surface area contributed by atoms with Gasteiger partial charge in [-0.15, -0.1) is 0 Å². The number of hydrogen-bond donors (Lipinski definition) is 0. The van der Waals surface area contributed by atoms with Gasteiger partial charge < -0.3 is 14.0 Å². The van der Waals surface area contributed by atoms with Crippen molar-refractivity contribution in [2.75, 3.05) is 7.11 Å². The summed E-state index contributed by atoms with van der Waals surface area (Å²) in [6.45, 7) is 8.30. The standard InChI is InChI=1S/C18H25BN2O3/c1-17(2)18(3,4)24-19(23-17)13-6-7-16-12(8-13)11-20-21(16)14-9-15(10-14)22-5/h6-8,11,14-15H,9-10H2,1-5H3. The molecule has 1 aliphatic heterocycles. The van der Waals surface area contributed by atoms with Crippen LogP contribution in [0.2, 0.25) is 0 Å². The average Bonchev–Trinajstić information content (AvgIpc) is 2.96. The molecule has 4 rings (SSSR count). The van der Waals surface area contributed by atoms with Gasteiger partial charge in [-0.1, -0.05) is 12.1 Å². The second-order valence-electron chi connectivity index (χ2n) is 7.98. The second-order valence-corrected chi connectivity index (χ2v) is 7.98. The lowest BCUT2D eigenvalue weighted by Crippen LogP contribution is -2.41. The van der Waals surface area contributed by atoms with E-state index in [4.69, 9.17) is 14.0 Å². The molecule has 5 nitrogen and oxygen atoms in total. The van der Waals surface area contributed by atoms with Crippen LogP contribution in [-0.4, -0.2) is 41.3 Å². The lowest BCUT2D eigenvalue weighted by molar-refractivity contribution is 0.00387. The normalized spacial score (nSPS) is 28.3. The first-order valence-electron chi connectivity index (χ1n) is 8.66. The Balaban J connectivity index is 1.59. The Morgan fingerprint density at radius 1 is 1.17 bits per heavy atom. The smallest absolute Gasteiger partial charge is 0.399 e. The number of rotatable bonds is 3. The first-order valence-corrected chi connectivity index (χ1v) is 8.66. The Kier molecular flexibility index (Phi) is 3.57. The predicted octanol–water partition coefficient (Wildman–Crippen LogP) is 2.69. The molecule has 1 aliphatic carbocycles. The Morgan fingerprint density at radius 2 is 1.83 bits per heavy atom. The van der Waals surface area contributed by atoms with E-state index in [1.807, 2.05) is 6.20 Å². The van der Waals surface area contributed by atoms with E-state index in [9.17, 15) is 0 Å². The molecule has 2 fully saturated rings. The molecule has 1 saturated heterocycles. The lowest BCUT2D eigenvalue weighted by atomic mass is 9.78. The largest absolute Gasteiger partial charge is 0.494 e. The van der Waals surface area contributed by atoms with Crippen molar-refractivity contribution < 1.29 is 14.0 Å². The van der Waals surface area contributed by atoms with Crippen molar-refractivity contribution in [1.82, 2.24) is 9.78 Å². The minimum atomic E-state index is -0.329. The van der Waals surface area contributed by atoms with Crippen molar-refractivity contribution in [2.24, 2.45) is 0 Å². The van der Waals surface area contributed by atoms with Crippen molar-refractivity contribution in [2.45, 2.75) is 63.9 Å². The van der Waals surface area contributed by atoms with Crippen molar-refractivity contribution in [3.63, 3.8) is 0 Å². The Bertz CT molecular complexity index is 749. The van der Waals surface area contributed by atoms with E-state index in [0.717, 1.165) is 29.2 Å². The zero-order chi connectivity index (χ0) is 17.1. The molecule has 6 heteroatoms. The fourth-order valence-corrected chi connectivity index (χ4v) is 3.42. The van der Waals surface area contributed by atoms with Gasteiger partial charge in [-0.05, 0) is 52.1 Å². The molecule has 0 unspecified atom stereocenters. The van der Waals surface area contributed by atoms with Gasteiger partial charge in [0.25, 0.3) is 0 Å². The SMILES string of the molecule is COC1CC(n2ncc3cc(B4OC(C)(C)C(C)(C)O4)ccc32)C1. The fourth-order valence-electron chi connectivity index (χ4n) is 3.42. The number of methoxy groups -OCH3 is 1. The van der Waals surface area contributed by atoms with Gasteiger partial charge in [0.05, 0.1) is 35.1 Å². The molecular weight excluding hydrogens is 303 g/mol. The molecule has 1 aromatic carbocycles. The van der Waals surface area contributed by atoms with Gasteiger partial charge >= 0.3 is 7.12 Å². The molecule has 1 saturated carbocycles. The number of aromatic nitrogens is 2. The Hall–Kier alpha value is -1.37. The number of benzene rings is 1. The second kappa shape index (κ2) is 5.31. The van der Waals surface area contributed by atoms with Gasteiger partial charge in [0, 0.05) is 12.5 Å². The summed E-state index contributed by atoms with van der Waals surface area (Å²) in [4.78, 5) is 0. The third kappa shape index (κ3) is 2.39. The van der Waals surface area contributed by atoms with Gasteiger partial charge in [-0.25, -0.2) is 0 Å². The molecular formula is C18H25BN2O3. The first kappa shape index (κ1) is 16.1. The first-order chi connectivity index (χ1) is 11.3. The highest BCUT2D eigenvalue weighted by molar-refractivity contribution is 6.62. The van der Waals surface area contributed by atoms with Crippen LogP contribution in [0.5, 0.6) is 0 Å². The van der Waals surface area contributed by atoms with Gasteiger partial charge in [-0.2, -0.15) is 5.10 Å². The van der Waals surface area contributed by atoms with Gasteiger partial charge in [0.1, 0.15) is 0 Å². The summed E-state index contributed by atoms with van der Waals surface area (Å²) in [5, 5.41) is 5.72. The van der Waals surface area contributed by atoms with Crippen LogP contribution in [0.4, 0.5) is 0 Å². The molecule has 2 heterocycles. The van der Waals surface area contributed by atoms with E-state index in [1.54, 1.807) is 7.11 Å². The summed E-state index contributed by atoms with van der Waals surface area (Å²) in [6, 6.07) is 6.79. The van der Waals surface area contributed by atoms with Gasteiger partial charge in [0.15, 0.2) is 0 Å². The van der Waals surface area contributed by atoms with Crippen LogP contribution in [0.15, 0.2) is 24.4 Å². The average molecular weight is 328 g/mol. The van der Waals surface area contributed by atoms with E-state index < -0.39 is 0 Å². The van der Waals surface area contributed by atoms with Crippen molar-refractivity contribution >= 4 is 23.5 Å². The number of fused-ring (bicyclic) bond motifs is 1. The molecule has 0 atom stereocenters. The molecule has 0 N–H and O–H groups in total. The highest BCUT2D eigenvalue weighted by Gasteiger charge is 2.51. The quantitative estimate of drug-likeness (QED) is 0.813. The van der Waals surface area contributed by atoms with E-state index in [0.29, 0.717) is 12.1 Å². The summed E-state index contributed by atoms with van der Waals surface area (Å²) < 4.78 is 19.8. The summed E-state index contributed by atoms with van der Waals surface area (Å²) in [5.74, 6) is 0. The van der Waals surface area contributed by atoms with Crippen LogP contribution in [0.3, 0.4) is 0 Å². The van der Waals surface area contributed by atoms with Crippen molar-refractivity contribution in [3.8, 4) is 0 Å². The molecule has 2 aliphatic rings. The molecule has 128 valence electrons. The molecule has 24 heavy (non-hydrogen) atoms. The zero-order valence-electron chi connectivity index (χ0n) is 15.1. The third-order valence-corrected chi connectivity index (χ3v) is 5.89. The number of hydrogen-bond acceptors (Lipinski definition) is 4. The molecule has 1 aromatic heterocycles. The maximum absolute atomic E-state index is 6.15. The summed E-state index contributed by atoms with van der Waals surface area (Å²) >= 11 is 0. The third-order valence-electron chi connectivity index (χ3n) is 5.89. The lowest BCUT2D eigenvalue weighted by Gasteiger charge is -2.34. The summed E-state index contributed by atoms with van der Waals surface area (Å²) in [7, 11) is 1.45. The van der Waals surface area contributed by atoms with Crippen molar-refractivity contribution in [3.05, 3.63) is 24.4 Å². The number of ether oxygens (including phenoxy) is 1. The van der Waals surface area contributed by atoms with E-state index in [1.165, 1.54) is 0 Å². The molecule has 0 amide bonds. The summed E-state index contributed by atoms with van der Waals surface area (Å²) in [5.41, 5.74) is 1.56. The summed E-state index contributed by atoms with van der Waals surface area (Å²) in [6.07, 6.45) is 4.38. The maximum Gasteiger partial charge on any atom is 0.494 e. The van der Waals surface area contributed by atoms with E-state index in [-0.39, 0.29) is 18.3 Å². The molecule has 0 bridgehead atoms. The van der Waals surface area contributed by atoms with Crippen molar-refractivity contribution in [1.29, 1.82) is 0 Å². The van der Waals surface area contributed by atoms with Crippen LogP contribution in [0.25, 0.3) is 10.9 Å².